The molecule has 0 saturated heterocycles. The number of aryl methyl sites for hydroxylation is 3. The minimum absolute atomic E-state index is 0.339. The van der Waals surface area contributed by atoms with Gasteiger partial charge in [-0.15, -0.1) is 0 Å². The van der Waals surface area contributed by atoms with Crippen molar-refractivity contribution in [2.24, 2.45) is 0 Å². The van der Waals surface area contributed by atoms with Gasteiger partial charge in [-0.2, -0.15) is 5.10 Å². The summed E-state index contributed by atoms with van der Waals surface area (Å²) in [5.74, 6) is 0. The molecule has 0 fully saturated rings. The number of nitrogens with zero attached hydrogens (tertiary/aromatic N) is 2. The lowest BCUT2D eigenvalue weighted by atomic mass is 10.4. The molecule has 0 radical (unpaired) electrons. The van der Waals surface area contributed by atoms with E-state index in [0.717, 1.165) is 18.4 Å². The topological polar surface area (TPSA) is 17.8 Å². The van der Waals surface area contributed by atoms with E-state index >= 15 is 0 Å². The monoisotopic (exact) mass is 308 g/mol. The van der Waals surface area contributed by atoms with Crippen LogP contribution in [0.5, 0.6) is 0 Å². The van der Waals surface area contributed by atoms with Crippen molar-refractivity contribution in [1.29, 1.82) is 0 Å². The number of hydrogen-bond donors (Lipinski definition) is 0. The molecule has 3 rings (SSSR count). The van der Waals surface area contributed by atoms with Crippen LogP contribution in [0.25, 0.3) is 0 Å². The number of rotatable bonds is 5. The lowest BCUT2D eigenvalue weighted by Gasteiger charge is -2.19. The lowest BCUT2D eigenvalue weighted by Crippen LogP contribution is -2.17. The van der Waals surface area contributed by atoms with Gasteiger partial charge >= 0.3 is 0 Å². The van der Waals surface area contributed by atoms with E-state index in [4.69, 9.17) is 0 Å². The Morgan fingerprint density at radius 3 is 1.86 bits per heavy atom. The zero-order chi connectivity index (χ0) is 15.4. The summed E-state index contributed by atoms with van der Waals surface area (Å²) in [6, 6.07) is 23.9. The second-order valence-electron chi connectivity index (χ2n) is 5.47. The third kappa shape index (κ3) is 3.45. The van der Waals surface area contributed by atoms with Crippen molar-refractivity contribution in [3.8, 4) is 0 Å². The smallest absolute Gasteiger partial charge is 0.0596 e. The van der Waals surface area contributed by atoms with Crippen molar-refractivity contribution in [1.82, 2.24) is 9.78 Å². The van der Waals surface area contributed by atoms with Gasteiger partial charge < -0.3 is 0 Å². The Morgan fingerprint density at radius 2 is 1.41 bits per heavy atom. The summed E-state index contributed by atoms with van der Waals surface area (Å²) in [7, 11) is -0.339. The fourth-order valence-corrected chi connectivity index (χ4v) is 4.99. The van der Waals surface area contributed by atoms with Crippen molar-refractivity contribution in [3.63, 3.8) is 0 Å². The lowest BCUT2D eigenvalue weighted by molar-refractivity contribution is 0.639. The molecule has 22 heavy (non-hydrogen) atoms. The molecule has 0 aliphatic carbocycles. The molecule has 2 nitrogen and oxygen atoms in total. The van der Waals surface area contributed by atoms with Crippen LogP contribution in [0.2, 0.25) is 0 Å². The highest BCUT2D eigenvalue weighted by Gasteiger charge is 2.14. The van der Waals surface area contributed by atoms with Gasteiger partial charge in [0.15, 0.2) is 0 Å². The highest BCUT2D eigenvalue weighted by Crippen LogP contribution is 2.33. The van der Waals surface area contributed by atoms with E-state index < -0.39 is 0 Å². The molecule has 0 aliphatic rings. The molecule has 112 valence electrons. The maximum absolute atomic E-state index is 4.60. The molecular formula is C19H21N2P. The van der Waals surface area contributed by atoms with Crippen LogP contribution in [-0.4, -0.2) is 15.9 Å². The third-order valence-corrected chi connectivity index (χ3v) is 6.26. The Balaban J connectivity index is 1.85. The van der Waals surface area contributed by atoms with Crippen LogP contribution in [0.3, 0.4) is 0 Å². The predicted octanol–water partition coefficient (Wildman–Crippen LogP) is 3.63. The summed E-state index contributed by atoms with van der Waals surface area (Å²) in [5.41, 5.74) is 2.34. The Bertz CT molecular complexity index is 680. The molecule has 0 aliphatic heterocycles. The van der Waals surface area contributed by atoms with Crippen LogP contribution < -0.4 is 10.6 Å². The van der Waals surface area contributed by atoms with Gasteiger partial charge in [0.25, 0.3) is 0 Å². The van der Waals surface area contributed by atoms with Gasteiger partial charge in [-0.3, -0.25) is 4.68 Å². The molecule has 1 aromatic heterocycles. The molecular weight excluding hydrogens is 287 g/mol. The summed E-state index contributed by atoms with van der Waals surface area (Å²) in [5, 5.41) is 7.47. The van der Waals surface area contributed by atoms with Crippen LogP contribution in [-0.2, 0) is 6.54 Å². The fourth-order valence-electron chi connectivity index (χ4n) is 2.72. The first-order chi connectivity index (χ1) is 10.7. The van der Waals surface area contributed by atoms with Gasteiger partial charge in [0, 0.05) is 12.2 Å². The molecule has 0 N–H and O–H groups in total. The van der Waals surface area contributed by atoms with Crippen LogP contribution in [0, 0.1) is 13.8 Å². The molecule has 0 unspecified atom stereocenters. The number of hydrogen-bond acceptors (Lipinski definition) is 1. The first-order valence-corrected chi connectivity index (χ1v) is 9.15. The van der Waals surface area contributed by atoms with Gasteiger partial charge in [-0.25, -0.2) is 0 Å². The molecule has 1 heterocycles. The van der Waals surface area contributed by atoms with Crippen molar-refractivity contribution in [3.05, 3.63) is 78.1 Å². The average molecular weight is 308 g/mol. The largest absolute Gasteiger partial charge is 0.269 e. The van der Waals surface area contributed by atoms with E-state index in [2.05, 4.69) is 90.4 Å². The second kappa shape index (κ2) is 6.89. The first-order valence-electron chi connectivity index (χ1n) is 7.63. The van der Waals surface area contributed by atoms with Gasteiger partial charge in [-0.05, 0) is 44.6 Å². The van der Waals surface area contributed by atoms with Crippen LogP contribution in [0.1, 0.15) is 11.4 Å². The van der Waals surface area contributed by atoms with Crippen molar-refractivity contribution in [2.75, 3.05) is 6.16 Å². The quantitative estimate of drug-likeness (QED) is 0.658. The van der Waals surface area contributed by atoms with Crippen LogP contribution >= 0.6 is 7.92 Å². The average Bonchev–Trinajstić information content (AvgIpc) is 2.87. The molecule has 0 atom stereocenters. The van der Waals surface area contributed by atoms with Gasteiger partial charge in [-0.1, -0.05) is 60.7 Å². The summed E-state index contributed by atoms with van der Waals surface area (Å²) in [4.78, 5) is 0. The van der Waals surface area contributed by atoms with Gasteiger partial charge in [0.1, 0.15) is 0 Å². The fraction of sp³-hybridized carbons (Fsp3) is 0.211. The summed E-state index contributed by atoms with van der Waals surface area (Å²) < 4.78 is 2.14. The van der Waals surface area contributed by atoms with Gasteiger partial charge in [0.2, 0.25) is 0 Å². The Hall–Kier alpha value is -1.92. The van der Waals surface area contributed by atoms with E-state index in [1.165, 1.54) is 16.3 Å². The third-order valence-electron chi connectivity index (χ3n) is 3.77. The maximum atomic E-state index is 4.60. The van der Waals surface area contributed by atoms with Crippen LogP contribution in [0.15, 0.2) is 66.7 Å². The SMILES string of the molecule is Cc1cc(C)n(CCP(c2ccccc2)c2ccccc2)n1. The van der Waals surface area contributed by atoms with Crippen molar-refractivity contribution >= 4 is 18.5 Å². The molecule has 0 amide bonds. The van der Waals surface area contributed by atoms with Crippen molar-refractivity contribution in [2.45, 2.75) is 20.4 Å². The number of aromatic nitrogens is 2. The summed E-state index contributed by atoms with van der Waals surface area (Å²) in [6.07, 6.45) is 1.12. The predicted molar refractivity (Wildman–Crippen MR) is 95.6 cm³/mol. The van der Waals surface area contributed by atoms with E-state index in [1.807, 2.05) is 0 Å². The normalized spacial score (nSPS) is 11.0. The Morgan fingerprint density at radius 1 is 0.864 bits per heavy atom. The zero-order valence-electron chi connectivity index (χ0n) is 13.1. The number of benzene rings is 2. The molecule has 3 heteroatoms. The second-order valence-corrected chi connectivity index (χ2v) is 7.81. The minimum atomic E-state index is -0.339. The minimum Gasteiger partial charge on any atom is -0.269 e. The molecule has 0 spiro atoms. The standard InChI is InChI=1S/C19H21N2P/c1-16-15-17(2)21(20-16)13-14-22(18-9-5-3-6-10-18)19-11-7-4-8-12-19/h3-12,15H,13-14H2,1-2H3. The maximum Gasteiger partial charge on any atom is 0.0596 e. The van der Waals surface area contributed by atoms with Gasteiger partial charge in [0.05, 0.1) is 5.69 Å². The van der Waals surface area contributed by atoms with Crippen molar-refractivity contribution < 1.29 is 0 Å². The summed E-state index contributed by atoms with van der Waals surface area (Å²) >= 11 is 0. The Kier molecular flexibility index (Phi) is 4.70. The van der Waals surface area contributed by atoms with E-state index in [1.54, 1.807) is 0 Å². The molecule has 2 aromatic carbocycles. The first kappa shape index (κ1) is 15.0. The molecule has 3 aromatic rings. The molecule has 0 saturated carbocycles. The Labute approximate surface area is 133 Å². The summed E-state index contributed by atoms with van der Waals surface area (Å²) in [6.45, 7) is 5.16. The van der Waals surface area contributed by atoms with E-state index in [0.29, 0.717) is 0 Å². The van der Waals surface area contributed by atoms with Crippen LogP contribution in [0.4, 0.5) is 0 Å². The zero-order valence-corrected chi connectivity index (χ0v) is 14.0. The molecule has 0 bridgehead atoms. The highest BCUT2D eigenvalue weighted by atomic mass is 31.1. The van der Waals surface area contributed by atoms with E-state index in [-0.39, 0.29) is 7.92 Å². The highest BCUT2D eigenvalue weighted by molar-refractivity contribution is 7.73. The van der Waals surface area contributed by atoms with E-state index in [9.17, 15) is 0 Å².